The topological polar surface area (TPSA) is 36.3 Å². The van der Waals surface area contributed by atoms with Gasteiger partial charge in [0, 0.05) is 25.8 Å². The fourth-order valence-corrected chi connectivity index (χ4v) is 2.46. The van der Waals surface area contributed by atoms with E-state index in [4.69, 9.17) is 10.00 Å². The van der Waals surface area contributed by atoms with E-state index < -0.39 is 6.43 Å². The summed E-state index contributed by atoms with van der Waals surface area (Å²) in [6.45, 7) is 1.44. The number of nitriles is 1. The summed E-state index contributed by atoms with van der Waals surface area (Å²) in [6.07, 6.45) is -0.702. The van der Waals surface area contributed by atoms with E-state index in [1.807, 2.05) is 11.0 Å². The number of hydrogen-bond acceptors (Lipinski definition) is 3. The van der Waals surface area contributed by atoms with Gasteiger partial charge in [0.15, 0.2) is 0 Å². The first-order valence-corrected chi connectivity index (χ1v) is 6.26. The van der Waals surface area contributed by atoms with Crippen LogP contribution in [0.5, 0.6) is 0 Å². The van der Waals surface area contributed by atoms with Gasteiger partial charge in [-0.25, -0.2) is 8.78 Å². The molecule has 1 heterocycles. The maximum Gasteiger partial charge on any atom is 0.265 e. The van der Waals surface area contributed by atoms with Crippen LogP contribution in [-0.4, -0.2) is 26.3 Å². The highest BCUT2D eigenvalue weighted by Gasteiger charge is 2.23. The van der Waals surface area contributed by atoms with Gasteiger partial charge in [0.25, 0.3) is 6.43 Å². The van der Waals surface area contributed by atoms with Crippen molar-refractivity contribution < 1.29 is 13.5 Å². The molecule has 0 N–H and O–H groups in total. The minimum atomic E-state index is -2.62. The summed E-state index contributed by atoms with van der Waals surface area (Å²) in [4.78, 5) is 1.99. The van der Waals surface area contributed by atoms with Gasteiger partial charge >= 0.3 is 0 Å². The van der Waals surface area contributed by atoms with Gasteiger partial charge in [0.1, 0.15) is 6.07 Å². The quantitative estimate of drug-likeness (QED) is 0.843. The molecule has 0 spiro atoms. The Balaban J connectivity index is 2.26. The fourth-order valence-electron chi connectivity index (χ4n) is 2.46. The van der Waals surface area contributed by atoms with E-state index in [2.05, 4.69) is 0 Å². The van der Waals surface area contributed by atoms with Gasteiger partial charge in [-0.15, -0.1) is 0 Å². The highest BCUT2D eigenvalue weighted by atomic mass is 19.3. The number of alkyl halides is 2. The lowest BCUT2D eigenvalue weighted by molar-refractivity contribution is 0.0819. The second-order valence-electron chi connectivity index (χ2n) is 4.58. The molecule has 0 amide bonds. The molecular weight excluding hydrogens is 250 g/mol. The monoisotopic (exact) mass is 266 g/mol. The summed E-state index contributed by atoms with van der Waals surface area (Å²) in [5, 5.41) is 9.14. The summed E-state index contributed by atoms with van der Waals surface area (Å²) < 4.78 is 31.1. The third-order valence-electron chi connectivity index (χ3n) is 3.54. The van der Waals surface area contributed by atoms with Crippen LogP contribution in [0.25, 0.3) is 0 Å². The molecule has 1 aromatic carbocycles. The van der Waals surface area contributed by atoms with Crippen LogP contribution in [0.2, 0.25) is 0 Å². The number of halogens is 2. The van der Waals surface area contributed by atoms with Gasteiger partial charge in [-0.2, -0.15) is 5.26 Å². The molecule has 1 aliphatic rings. The number of hydrogen-bond donors (Lipinski definition) is 0. The molecule has 0 atom stereocenters. The largest absolute Gasteiger partial charge is 0.381 e. The number of methoxy groups -OCH3 is 1. The average molecular weight is 266 g/mol. The zero-order valence-electron chi connectivity index (χ0n) is 10.8. The molecule has 1 saturated heterocycles. The summed E-state index contributed by atoms with van der Waals surface area (Å²) in [7, 11) is 1.68. The summed E-state index contributed by atoms with van der Waals surface area (Å²) >= 11 is 0. The molecule has 102 valence electrons. The van der Waals surface area contributed by atoms with Crippen molar-refractivity contribution in [1.82, 2.24) is 0 Å². The fraction of sp³-hybridized carbons (Fsp3) is 0.500. The Bertz CT molecular complexity index is 477. The van der Waals surface area contributed by atoms with Gasteiger partial charge in [-0.05, 0) is 18.9 Å². The number of benzene rings is 1. The van der Waals surface area contributed by atoms with Crippen molar-refractivity contribution in [1.29, 1.82) is 5.26 Å². The summed E-state index contributed by atoms with van der Waals surface area (Å²) in [5.41, 5.74) is 0.511. The Morgan fingerprint density at radius 2 is 2.05 bits per heavy atom. The number of nitrogens with zero attached hydrogens (tertiary/aromatic N) is 2. The van der Waals surface area contributed by atoms with Crippen molar-refractivity contribution in [3.63, 3.8) is 0 Å². The summed E-state index contributed by atoms with van der Waals surface area (Å²) in [6, 6.07) is 6.55. The SMILES string of the molecule is COC1CCN(c2cccc(C(F)F)c2C#N)CC1. The van der Waals surface area contributed by atoms with Crippen LogP contribution >= 0.6 is 0 Å². The molecule has 1 aromatic rings. The zero-order chi connectivity index (χ0) is 13.8. The predicted molar refractivity (Wildman–Crippen MR) is 68.4 cm³/mol. The molecule has 1 aliphatic heterocycles. The molecule has 1 fully saturated rings. The van der Waals surface area contributed by atoms with Gasteiger partial charge < -0.3 is 9.64 Å². The van der Waals surface area contributed by atoms with Gasteiger partial charge in [-0.1, -0.05) is 12.1 Å². The van der Waals surface area contributed by atoms with E-state index in [1.54, 1.807) is 19.2 Å². The summed E-state index contributed by atoms with van der Waals surface area (Å²) in [5.74, 6) is 0. The molecule has 0 aliphatic carbocycles. The standard InChI is InChI=1S/C14H16F2N2O/c1-19-10-5-7-18(8-6-10)13-4-2-3-11(14(15)16)12(13)9-17/h2-4,10,14H,5-8H2,1H3. The van der Waals surface area contributed by atoms with Crippen molar-refractivity contribution in [3.8, 4) is 6.07 Å². The minimum Gasteiger partial charge on any atom is -0.381 e. The first kappa shape index (κ1) is 13.8. The molecular formula is C14H16F2N2O. The van der Waals surface area contributed by atoms with Crippen molar-refractivity contribution >= 4 is 5.69 Å². The van der Waals surface area contributed by atoms with Crippen molar-refractivity contribution in [2.45, 2.75) is 25.4 Å². The molecule has 0 aromatic heterocycles. The van der Waals surface area contributed by atoms with Crippen LogP contribution in [0.4, 0.5) is 14.5 Å². The van der Waals surface area contributed by atoms with Crippen molar-refractivity contribution in [2.75, 3.05) is 25.1 Å². The third-order valence-corrected chi connectivity index (χ3v) is 3.54. The predicted octanol–water partition coefficient (Wildman–Crippen LogP) is 3.11. The second kappa shape index (κ2) is 5.98. The molecule has 2 rings (SSSR count). The number of piperidine rings is 1. The smallest absolute Gasteiger partial charge is 0.265 e. The Labute approximate surface area is 111 Å². The Morgan fingerprint density at radius 3 is 2.58 bits per heavy atom. The Morgan fingerprint density at radius 1 is 1.37 bits per heavy atom. The first-order valence-electron chi connectivity index (χ1n) is 6.26. The van der Waals surface area contributed by atoms with Gasteiger partial charge in [0.2, 0.25) is 0 Å². The second-order valence-corrected chi connectivity index (χ2v) is 4.58. The molecule has 0 saturated carbocycles. The Hall–Kier alpha value is -1.67. The molecule has 19 heavy (non-hydrogen) atoms. The highest BCUT2D eigenvalue weighted by Crippen LogP contribution is 2.31. The molecule has 5 heteroatoms. The Kier molecular flexibility index (Phi) is 4.33. The maximum absolute atomic E-state index is 12.9. The van der Waals surface area contributed by atoms with Crippen LogP contribution in [-0.2, 0) is 4.74 Å². The van der Waals surface area contributed by atoms with Crippen LogP contribution in [0.3, 0.4) is 0 Å². The van der Waals surface area contributed by atoms with Crippen molar-refractivity contribution in [3.05, 3.63) is 29.3 Å². The lowest BCUT2D eigenvalue weighted by Crippen LogP contribution is -2.37. The van der Waals surface area contributed by atoms with E-state index in [9.17, 15) is 8.78 Å². The van der Waals surface area contributed by atoms with E-state index in [0.29, 0.717) is 5.69 Å². The van der Waals surface area contributed by atoms with Crippen LogP contribution < -0.4 is 4.90 Å². The number of rotatable bonds is 3. The van der Waals surface area contributed by atoms with Crippen LogP contribution in [0, 0.1) is 11.3 Å². The number of ether oxygens (including phenoxy) is 1. The van der Waals surface area contributed by atoms with Crippen molar-refractivity contribution in [2.24, 2.45) is 0 Å². The first-order chi connectivity index (χ1) is 9.17. The van der Waals surface area contributed by atoms with Crippen LogP contribution in [0.15, 0.2) is 18.2 Å². The third kappa shape index (κ3) is 2.85. The van der Waals surface area contributed by atoms with E-state index >= 15 is 0 Å². The minimum absolute atomic E-state index is 0.0911. The lowest BCUT2D eigenvalue weighted by Gasteiger charge is -2.33. The molecule has 0 bridgehead atoms. The lowest BCUT2D eigenvalue weighted by atomic mass is 10.0. The van der Waals surface area contributed by atoms with E-state index in [1.165, 1.54) is 6.07 Å². The highest BCUT2D eigenvalue weighted by molar-refractivity contribution is 5.63. The number of anilines is 1. The van der Waals surface area contributed by atoms with Gasteiger partial charge in [-0.3, -0.25) is 0 Å². The zero-order valence-corrected chi connectivity index (χ0v) is 10.8. The molecule has 3 nitrogen and oxygen atoms in total. The maximum atomic E-state index is 12.9. The molecule has 0 radical (unpaired) electrons. The normalized spacial score (nSPS) is 16.7. The average Bonchev–Trinajstić information content (AvgIpc) is 2.46. The van der Waals surface area contributed by atoms with Gasteiger partial charge in [0.05, 0.1) is 17.4 Å². The van der Waals surface area contributed by atoms with E-state index in [0.717, 1.165) is 25.9 Å². The van der Waals surface area contributed by atoms with Crippen LogP contribution in [0.1, 0.15) is 30.4 Å². The molecule has 0 unspecified atom stereocenters. The van der Waals surface area contributed by atoms with E-state index in [-0.39, 0.29) is 17.2 Å².